The van der Waals surface area contributed by atoms with E-state index in [4.69, 9.17) is 0 Å². The smallest absolute Gasteiger partial charge is 0.195 e. The number of hydrogen-bond acceptors (Lipinski definition) is 2. The van der Waals surface area contributed by atoms with E-state index >= 15 is 0 Å². The van der Waals surface area contributed by atoms with Crippen molar-refractivity contribution in [1.29, 1.82) is 0 Å². The zero-order valence-electron chi connectivity index (χ0n) is 8.43. The summed E-state index contributed by atoms with van der Waals surface area (Å²) in [4.78, 5) is 4.12. The number of aryl methyl sites for hydroxylation is 1. The number of aromatic nitrogens is 1. The molecule has 1 aromatic heterocycles. The van der Waals surface area contributed by atoms with Gasteiger partial charge < -0.3 is 0 Å². The lowest BCUT2D eigenvalue weighted by Gasteiger charge is -2.00. The molecule has 0 atom stereocenters. The minimum atomic E-state index is -1.45. The first-order valence-corrected chi connectivity index (χ1v) is 5.59. The zero-order valence-corrected chi connectivity index (χ0v) is 9.25. The van der Waals surface area contributed by atoms with Crippen LogP contribution in [-0.4, -0.2) is 4.98 Å². The Morgan fingerprint density at radius 2 is 1.94 bits per heavy atom. The molecule has 2 rings (SSSR count). The van der Waals surface area contributed by atoms with Crippen LogP contribution in [0.5, 0.6) is 0 Å². The van der Waals surface area contributed by atoms with Crippen molar-refractivity contribution in [3.63, 3.8) is 0 Å². The van der Waals surface area contributed by atoms with Crippen molar-refractivity contribution in [2.75, 3.05) is 0 Å². The van der Waals surface area contributed by atoms with Crippen LogP contribution in [0.1, 0.15) is 12.6 Å². The topological polar surface area (TPSA) is 12.9 Å². The van der Waals surface area contributed by atoms with E-state index in [-0.39, 0.29) is 5.56 Å². The standard InChI is InChI=1S/C11H8F3NS/c1-2-6-5-16-11(15-6)7-3-4-8(12)10(14)9(7)13/h3-5H,2H2,1H3. The van der Waals surface area contributed by atoms with Gasteiger partial charge in [-0.15, -0.1) is 11.3 Å². The Hall–Kier alpha value is -1.36. The van der Waals surface area contributed by atoms with Crippen LogP contribution in [0.3, 0.4) is 0 Å². The van der Waals surface area contributed by atoms with Gasteiger partial charge >= 0.3 is 0 Å². The largest absolute Gasteiger partial charge is 0.241 e. The van der Waals surface area contributed by atoms with Crippen LogP contribution in [0.25, 0.3) is 10.6 Å². The summed E-state index contributed by atoms with van der Waals surface area (Å²) in [5.41, 5.74) is 0.813. The van der Waals surface area contributed by atoms with Crippen molar-refractivity contribution in [2.24, 2.45) is 0 Å². The molecule has 16 heavy (non-hydrogen) atoms. The fraction of sp³-hybridized carbons (Fsp3) is 0.182. The predicted molar refractivity (Wildman–Crippen MR) is 56.8 cm³/mol. The molecule has 0 amide bonds. The second-order valence-corrected chi connectivity index (χ2v) is 4.08. The molecule has 0 N–H and O–H groups in total. The molecule has 0 unspecified atom stereocenters. The molecule has 0 saturated carbocycles. The molecule has 5 heteroatoms. The summed E-state index contributed by atoms with van der Waals surface area (Å²) in [5.74, 6) is -3.82. The van der Waals surface area contributed by atoms with Gasteiger partial charge in [-0.25, -0.2) is 18.2 Å². The van der Waals surface area contributed by atoms with Gasteiger partial charge in [0.25, 0.3) is 0 Å². The van der Waals surface area contributed by atoms with Gasteiger partial charge in [0, 0.05) is 10.9 Å². The first-order chi connectivity index (χ1) is 7.63. The number of hydrogen-bond donors (Lipinski definition) is 0. The van der Waals surface area contributed by atoms with Gasteiger partial charge in [-0.3, -0.25) is 0 Å². The van der Waals surface area contributed by atoms with Crippen LogP contribution >= 0.6 is 11.3 Å². The monoisotopic (exact) mass is 243 g/mol. The molecule has 1 heterocycles. The SMILES string of the molecule is CCc1csc(-c2ccc(F)c(F)c2F)n1. The van der Waals surface area contributed by atoms with Gasteiger partial charge in [-0.1, -0.05) is 6.92 Å². The molecule has 84 valence electrons. The minimum Gasteiger partial charge on any atom is -0.241 e. The van der Waals surface area contributed by atoms with Crippen LogP contribution in [0.4, 0.5) is 13.2 Å². The molecule has 0 fully saturated rings. The Morgan fingerprint density at radius 3 is 2.56 bits per heavy atom. The molecule has 2 aromatic rings. The Labute approximate surface area is 94.6 Å². The van der Waals surface area contributed by atoms with E-state index < -0.39 is 17.5 Å². The van der Waals surface area contributed by atoms with Crippen LogP contribution in [-0.2, 0) is 6.42 Å². The van der Waals surface area contributed by atoms with Gasteiger partial charge in [0.15, 0.2) is 17.5 Å². The third-order valence-electron chi connectivity index (χ3n) is 2.18. The van der Waals surface area contributed by atoms with Gasteiger partial charge in [0.1, 0.15) is 5.01 Å². The summed E-state index contributed by atoms with van der Waals surface area (Å²) >= 11 is 1.22. The second kappa shape index (κ2) is 4.25. The Kier molecular flexibility index (Phi) is 2.96. The highest BCUT2D eigenvalue weighted by Gasteiger charge is 2.16. The van der Waals surface area contributed by atoms with Crippen molar-refractivity contribution in [1.82, 2.24) is 4.98 Å². The molecule has 0 bridgehead atoms. The Balaban J connectivity index is 2.52. The van der Waals surface area contributed by atoms with E-state index in [9.17, 15) is 13.2 Å². The first-order valence-electron chi connectivity index (χ1n) is 4.71. The third-order valence-corrected chi connectivity index (χ3v) is 3.10. The van der Waals surface area contributed by atoms with E-state index in [0.717, 1.165) is 18.2 Å². The normalized spacial score (nSPS) is 10.8. The van der Waals surface area contributed by atoms with E-state index in [0.29, 0.717) is 5.01 Å². The highest BCUT2D eigenvalue weighted by molar-refractivity contribution is 7.13. The summed E-state index contributed by atoms with van der Waals surface area (Å²) in [5, 5.41) is 2.14. The van der Waals surface area contributed by atoms with Gasteiger partial charge in [-0.05, 0) is 18.6 Å². The molecule has 0 spiro atoms. The van der Waals surface area contributed by atoms with Crippen molar-refractivity contribution in [3.8, 4) is 10.6 Å². The summed E-state index contributed by atoms with van der Waals surface area (Å²) < 4.78 is 39.1. The molecule has 1 nitrogen and oxygen atoms in total. The molecule has 0 aliphatic heterocycles. The molecular weight excluding hydrogens is 235 g/mol. The van der Waals surface area contributed by atoms with Crippen molar-refractivity contribution in [3.05, 3.63) is 40.7 Å². The van der Waals surface area contributed by atoms with Crippen LogP contribution in [0.15, 0.2) is 17.5 Å². The zero-order chi connectivity index (χ0) is 11.7. The van der Waals surface area contributed by atoms with Gasteiger partial charge in [-0.2, -0.15) is 0 Å². The minimum absolute atomic E-state index is 0.00333. The lowest BCUT2D eigenvalue weighted by atomic mass is 10.2. The van der Waals surface area contributed by atoms with Crippen LogP contribution in [0.2, 0.25) is 0 Å². The average molecular weight is 243 g/mol. The highest BCUT2D eigenvalue weighted by Crippen LogP contribution is 2.28. The molecule has 0 aliphatic carbocycles. The highest BCUT2D eigenvalue weighted by atomic mass is 32.1. The maximum Gasteiger partial charge on any atom is 0.195 e. The summed E-state index contributed by atoms with van der Waals surface area (Å²) in [7, 11) is 0. The predicted octanol–water partition coefficient (Wildman–Crippen LogP) is 3.79. The van der Waals surface area contributed by atoms with E-state index in [1.807, 2.05) is 6.92 Å². The van der Waals surface area contributed by atoms with Gasteiger partial charge in [0.05, 0.1) is 5.69 Å². The lowest BCUT2D eigenvalue weighted by molar-refractivity contribution is 0.449. The Bertz CT molecular complexity index is 522. The lowest BCUT2D eigenvalue weighted by Crippen LogP contribution is -1.93. The van der Waals surface area contributed by atoms with Crippen molar-refractivity contribution in [2.45, 2.75) is 13.3 Å². The van der Waals surface area contributed by atoms with Crippen molar-refractivity contribution >= 4 is 11.3 Å². The number of halogens is 3. The fourth-order valence-electron chi connectivity index (χ4n) is 1.28. The van der Waals surface area contributed by atoms with Gasteiger partial charge in [0.2, 0.25) is 0 Å². The molecule has 0 aliphatic rings. The van der Waals surface area contributed by atoms with Crippen LogP contribution < -0.4 is 0 Å². The Morgan fingerprint density at radius 1 is 1.19 bits per heavy atom. The number of nitrogens with zero attached hydrogens (tertiary/aromatic N) is 1. The maximum absolute atomic E-state index is 13.4. The second-order valence-electron chi connectivity index (χ2n) is 3.22. The fourth-order valence-corrected chi connectivity index (χ4v) is 2.21. The summed E-state index contributed by atoms with van der Waals surface area (Å²) in [6.07, 6.45) is 0.724. The molecular formula is C11H8F3NS. The maximum atomic E-state index is 13.4. The summed E-state index contributed by atoms with van der Waals surface area (Å²) in [6.45, 7) is 1.92. The van der Waals surface area contributed by atoms with E-state index in [2.05, 4.69) is 4.98 Å². The molecule has 0 radical (unpaired) electrons. The third kappa shape index (κ3) is 1.82. The van der Waals surface area contributed by atoms with E-state index in [1.54, 1.807) is 5.38 Å². The molecule has 1 aromatic carbocycles. The number of thiazole rings is 1. The quantitative estimate of drug-likeness (QED) is 0.731. The van der Waals surface area contributed by atoms with E-state index in [1.165, 1.54) is 17.4 Å². The summed E-state index contributed by atoms with van der Waals surface area (Å²) in [6, 6.07) is 2.10. The number of benzene rings is 1. The number of rotatable bonds is 2. The first kappa shape index (κ1) is 11.1. The molecule has 0 saturated heterocycles. The van der Waals surface area contributed by atoms with Crippen molar-refractivity contribution < 1.29 is 13.2 Å². The average Bonchev–Trinajstić information content (AvgIpc) is 2.74. The van der Waals surface area contributed by atoms with Crippen LogP contribution in [0, 0.1) is 17.5 Å².